The predicted molar refractivity (Wildman–Crippen MR) is 144 cm³/mol. The van der Waals surface area contributed by atoms with Crippen molar-refractivity contribution in [2.24, 2.45) is 5.73 Å². The summed E-state index contributed by atoms with van der Waals surface area (Å²) in [7, 11) is 0. The number of nitrogens with zero attached hydrogens (tertiary/aromatic N) is 1. The van der Waals surface area contributed by atoms with Crippen LogP contribution in [0.4, 0.5) is 5.69 Å². The van der Waals surface area contributed by atoms with E-state index < -0.39 is 36.2 Å². The maximum atomic E-state index is 12.3. The number of nitrogens with one attached hydrogen (secondary N) is 1. The van der Waals surface area contributed by atoms with Gasteiger partial charge in [0.25, 0.3) is 5.91 Å². The number of cyclic esters (lactones) is 1. The molecule has 0 aliphatic carbocycles. The molecular formula is C26H30Cl2N4O7. The second-order valence-corrected chi connectivity index (χ2v) is 9.97. The maximum Gasteiger partial charge on any atom is 0.326 e. The van der Waals surface area contributed by atoms with Gasteiger partial charge in [0.2, 0.25) is 12.2 Å². The van der Waals surface area contributed by atoms with Crippen molar-refractivity contribution >= 4 is 52.6 Å². The number of nitrogen functional groups attached to an aromatic ring is 1. The van der Waals surface area contributed by atoms with Gasteiger partial charge in [-0.15, -0.1) is 0 Å². The molecule has 2 aliphatic heterocycles. The van der Waals surface area contributed by atoms with E-state index in [1.807, 2.05) is 12.1 Å². The van der Waals surface area contributed by atoms with Crippen molar-refractivity contribution in [2.45, 2.75) is 57.2 Å². The number of carboxylic acid groups (broad SMARTS) is 1. The minimum absolute atomic E-state index is 0.214. The second-order valence-electron chi connectivity index (χ2n) is 9.12. The van der Waals surface area contributed by atoms with E-state index >= 15 is 0 Å². The largest absolute Gasteiger partial charge is 0.480 e. The van der Waals surface area contributed by atoms with Crippen LogP contribution < -0.4 is 16.8 Å². The number of halogens is 2. The lowest BCUT2D eigenvalue weighted by atomic mass is 10.1. The smallest absolute Gasteiger partial charge is 0.326 e. The van der Waals surface area contributed by atoms with Gasteiger partial charge in [0.05, 0.1) is 29.8 Å². The van der Waals surface area contributed by atoms with Crippen molar-refractivity contribution in [1.29, 1.82) is 0 Å². The molecule has 0 saturated carbocycles. The Labute approximate surface area is 235 Å². The molecule has 0 spiro atoms. The van der Waals surface area contributed by atoms with E-state index in [-0.39, 0.29) is 29.0 Å². The standard InChI is InChI=1S/C15H18ClN3O4.C11H12ClNO3/c1-8(14(21)19-6-2-3-12(19)15(22)23)18-13(20)9-4-5-11(17)10(16)7-9;12-8-3-1-7(2-4-8)6-15-11-9(13)5-10(14)16-11/h4-5,7-8,12H,2-3,6,17H2,1H3,(H,18,20)(H,22,23);1-4,9,11H,5-6,13H2. The Hall–Kier alpha value is -3.38. The number of aliphatic carboxylic acids is 1. The van der Waals surface area contributed by atoms with Crippen LogP contribution in [0.25, 0.3) is 0 Å². The van der Waals surface area contributed by atoms with Crippen molar-refractivity contribution in [3.63, 3.8) is 0 Å². The first kappa shape index (κ1) is 30.2. The molecule has 0 aromatic heterocycles. The van der Waals surface area contributed by atoms with E-state index in [1.54, 1.807) is 12.1 Å². The fraction of sp³-hybridized carbons (Fsp3) is 0.385. The molecule has 13 heteroatoms. The van der Waals surface area contributed by atoms with Crippen LogP contribution >= 0.6 is 23.2 Å². The number of nitrogens with two attached hydrogens (primary N) is 2. The second kappa shape index (κ2) is 13.6. The summed E-state index contributed by atoms with van der Waals surface area (Å²) in [5.41, 5.74) is 12.8. The molecule has 2 saturated heterocycles. The molecule has 210 valence electrons. The Morgan fingerprint density at radius 1 is 1.21 bits per heavy atom. The van der Waals surface area contributed by atoms with Gasteiger partial charge in [-0.1, -0.05) is 35.3 Å². The quantitative estimate of drug-likeness (QED) is 0.283. The number of hydrogen-bond acceptors (Lipinski definition) is 8. The summed E-state index contributed by atoms with van der Waals surface area (Å²) in [5, 5.41) is 12.6. The molecule has 2 fully saturated rings. The molecule has 4 rings (SSSR count). The van der Waals surface area contributed by atoms with E-state index in [2.05, 4.69) is 5.32 Å². The number of ether oxygens (including phenoxy) is 2. The van der Waals surface area contributed by atoms with Gasteiger partial charge in [-0.05, 0) is 55.7 Å². The lowest BCUT2D eigenvalue weighted by Gasteiger charge is -2.25. The molecular weight excluding hydrogens is 551 g/mol. The van der Waals surface area contributed by atoms with Gasteiger partial charge in [0.1, 0.15) is 12.1 Å². The van der Waals surface area contributed by atoms with Gasteiger partial charge in [-0.25, -0.2) is 4.79 Å². The van der Waals surface area contributed by atoms with Gasteiger partial charge in [-0.2, -0.15) is 0 Å². The Balaban J connectivity index is 0.000000230. The fourth-order valence-electron chi connectivity index (χ4n) is 4.02. The van der Waals surface area contributed by atoms with Crippen LogP contribution in [0.15, 0.2) is 42.5 Å². The molecule has 2 aliphatic rings. The van der Waals surface area contributed by atoms with Crippen molar-refractivity contribution in [3.8, 4) is 0 Å². The third-order valence-corrected chi connectivity index (χ3v) is 6.71. The predicted octanol–water partition coefficient (Wildman–Crippen LogP) is 2.57. The highest BCUT2D eigenvalue weighted by Gasteiger charge is 2.36. The van der Waals surface area contributed by atoms with Gasteiger partial charge < -0.3 is 36.3 Å². The van der Waals surface area contributed by atoms with Crippen LogP contribution in [0, 0.1) is 0 Å². The van der Waals surface area contributed by atoms with E-state index in [0.29, 0.717) is 36.7 Å². The molecule has 0 bridgehead atoms. The fourth-order valence-corrected chi connectivity index (χ4v) is 4.32. The van der Waals surface area contributed by atoms with Gasteiger partial charge in [0, 0.05) is 17.1 Å². The Morgan fingerprint density at radius 2 is 1.90 bits per heavy atom. The highest BCUT2D eigenvalue weighted by molar-refractivity contribution is 6.33. The van der Waals surface area contributed by atoms with Gasteiger partial charge in [0.15, 0.2) is 0 Å². The third-order valence-electron chi connectivity index (χ3n) is 6.13. The normalized spacial score (nSPS) is 21.0. The summed E-state index contributed by atoms with van der Waals surface area (Å²) in [4.78, 5) is 47.9. The zero-order chi connectivity index (χ0) is 28.7. The van der Waals surface area contributed by atoms with Gasteiger partial charge >= 0.3 is 11.9 Å². The summed E-state index contributed by atoms with van der Waals surface area (Å²) < 4.78 is 10.3. The topological polar surface area (TPSA) is 174 Å². The highest BCUT2D eigenvalue weighted by Crippen LogP contribution is 2.21. The van der Waals surface area contributed by atoms with Crippen LogP contribution in [0.3, 0.4) is 0 Å². The number of hydrogen-bond donors (Lipinski definition) is 4. The van der Waals surface area contributed by atoms with Crippen molar-refractivity contribution in [3.05, 3.63) is 63.6 Å². The average molecular weight is 581 g/mol. The monoisotopic (exact) mass is 580 g/mol. The summed E-state index contributed by atoms with van der Waals surface area (Å²) >= 11 is 11.6. The number of carbonyl (C=O) groups is 4. The molecule has 0 radical (unpaired) electrons. The van der Waals surface area contributed by atoms with E-state index in [9.17, 15) is 19.2 Å². The molecule has 2 heterocycles. The first-order valence-electron chi connectivity index (χ1n) is 12.2. The van der Waals surface area contributed by atoms with Crippen molar-refractivity contribution in [1.82, 2.24) is 10.2 Å². The average Bonchev–Trinajstić information content (AvgIpc) is 3.51. The molecule has 2 amide bonds. The number of benzene rings is 2. The zero-order valence-corrected chi connectivity index (χ0v) is 22.7. The number of carbonyl (C=O) groups excluding carboxylic acids is 3. The minimum Gasteiger partial charge on any atom is -0.480 e. The number of carboxylic acids is 1. The number of amides is 2. The number of anilines is 1. The molecule has 2 aromatic carbocycles. The Kier molecular flexibility index (Phi) is 10.5. The van der Waals surface area contributed by atoms with E-state index in [4.69, 9.17) is 49.2 Å². The third kappa shape index (κ3) is 8.30. The van der Waals surface area contributed by atoms with Crippen molar-refractivity contribution in [2.75, 3.05) is 12.3 Å². The van der Waals surface area contributed by atoms with Crippen LogP contribution in [0.1, 0.15) is 42.1 Å². The van der Waals surface area contributed by atoms with E-state index in [1.165, 1.54) is 30.0 Å². The van der Waals surface area contributed by atoms with Crippen LogP contribution in [-0.4, -0.2) is 64.7 Å². The number of esters is 1. The zero-order valence-electron chi connectivity index (χ0n) is 21.1. The summed E-state index contributed by atoms with van der Waals surface area (Å²) in [6.07, 6.45) is 0.639. The van der Waals surface area contributed by atoms with Gasteiger partial charge in [-0.3, -0.25) is 14.4 Å². The lowest BCUT2D eigenvalue weighted by Crippen LogP contribution is -2.50. The highest BCUT2D eigenvalue weighted by atomic mass is 35.5. The molecule has 11 nitrogen and oxygen atoms in total. The molecule has 6 N–H and O–H groups in total. The Morgan fingerprint density at radius 3 is 2.49 bits per heavy atom. The first-order chi connectivity index (χ1) is 18.5. The lowest BCUT2D eigenvalue weighted by molar-refractivity contribution is -0.166. The number of rotatable bonds is 7. The molecule has 4 atom stereocenters. The minimum atomic E-state index is -1.03. The molecule has 4 unspecified atom stereocenters. The van der Waals surface area contributed by atoms with Crippen molar-refractivity contribution < 1.29 is 33.8 Å². The van der Waals surface area contributed by atoms with E-state index in [0.717, 1.165) is 5.56 Å². The molecule has 39 heavy (non-hydrogen) atoms. The Bertz CT molecular complexity index is 1210. The van der Waals surface area contributed by atoms with Crippen LogP contribution in [0.5, 0.6) is 0 Å². The first-order valence-corrected chi connectivity index (χ1v) is 12.9. The van der Waals surface area contributed by atoms with Crippen LogP contribution in [-0.2, 0) is 30.5 Å². The summed E-state index contributed by atoms with van der Waals surface area (Å²) in [6, 6.07) is 9.65. The summed E-state index contributed by atoms with van der Waals surface area (Å²) in [6.45, 7) is 2.25. The number of likely N-dealkylation sites (tertiary alicyclic amines) is 1. The van der Waals surface area contributed by atoms with Crippen LogP contribution in [0.2, 0.25) is 10.0 Å². The molecule has 2 aromatic rings. The summed E-state index contributed by atoms with van der Waals surface area (Å²) in [5.74, 6) is -2.23. The maximum absolute atomic E-state index is 12.3. The SMILES string of the molecule is CC(NC(=O)c1ccc(N)c(Cl)c1)C(=O)N1CCCC1C(=O)O.NC1CC(=O)OC1OCc1ccc(Cl)cc1.